The zero-order valence-electron chi connectivity index (χ0n) is 17.8. The summed E-state index contributed by atoms with van der Waals surface area (Å²) in [6.07, 6.45) is 3.62. The molecular formula is C23H26N4O4S. The second kappa shape index (κ2) is 9.95. The van der Waals surface area contributed by atoms with Crippen molar-refractivity contribution in [3.05, 3.63) is 68.2 Å². The van der Waals surface area contributed by atoms with Crippen molar-refractivity contribution in [1.82, 2.24) is 19.4 Å². The molecule has 4 rings (SSSR count). The lowest BCUT2D eigenvalue weighted by atomic mass is 10.1. The molecule has 0 spiro atoms. The summed E-state index contributed by atoms with van der Waals surface area (Å²) in [6, 6.07) is 11.5. The van der Waals surface area contributed by atoms with Gasteiger partial charge in [0.25, 0.3) is 5.56 Å². The van der Waals surface area contributed by atoms with Crippen LogP contribution in [0.25, 0.3) is 10.2 Å². The van der Waals surface area contributed by atoms with E-state index < -0.39 is 11.2 Å². The molecule has 1 fully saturated rings. The number of fused-ring (bicyclic) bond motifs is 1. The summed E-state index contributed by atoms with van der Waals surface area (Å²) < 4.78 is 2.62. The summed E-state index contributed by atoms with van der Waals surface area (Å²) in [5.41, 5.74) is 0.412. The van der Waals surface area contributed by atoms with Gasteiger partial charge in [-0.15, -0.1) is 11.3 Å². The van der Waals surface area contributed by atoms with Crippen molar-refractivity contribution in [2.24, 2.45) is 0 Å². The Labute approximate surface area is 189 Å². The van der Waals surface area contributed by atoms with Crippen molar-refractivity contribution < 1.29 is 9.59 Å². The van der Waals surface area contributed by atoms with Gasteiger partial charge in [0.15, 0.2) is 0 Å². The normalized spacial score (nSPS) is 13.9. The Morgan fingerprint density at radius 2 is 1.69 bits per heavy atom. The van der Waals surface area contributed by atoms with Crippen LogP contribution in [0.2, 0.25) is 0 Å². The quantitative estimate of drug-likeness (QED) is 0.587. The summed E-state index contributed by atoms with van der Waals surface area (Å²) in [5, 5.41) is 4.55. The summed E-state index contributed by atoms with van der Waals surface area (Å²) in [7, 11) is 0. The van der Waals surface area contributed by atoms with Crippen LogP contribution in [-0.2, 0) is 29.1 Å². The number of carbonyl (C=O) groups excluding carboxylic acids is 2. The number of likely N-dealkylation sites (tertiary alicyclic amines) is 1. The van der Waals surface area contributed by atoms with E-state index in [1.54, 1.807) is 16.3 Å². The summed E-state index contributed by atoms with van der Waals surface area (Å²) in [6.45, 7) is 1.22. The standard InChI is InChI=1S/C23H26N4O4S/c28-19(24-11-9-17-7-3-1-4-8-17)15-26-18-10-14-32-21(18)22(30)27(23(26)31)16-20(29)25-12-5-2-6-13-25/h1,3-4,7-8,10,14H,2,5-6,9,11-13,15-16H2,(H,24,28). The predicted octanol–water partition coefficient (Wildman–Crippen LogP) is 1.60. The van der Waals surface area contributed by atoms with Crippen molar-refractivity contribution in [3.8, 4) is 0 Å². The molecule has 1 aromatic carbocycles. The van der Waals surface area contributed by atoms with Crippen LogP contribution in [0.4, 0.5) is 0 Å². The molecule has 0 aliphatic carbocycles. The van der Waals surface area contributed by atoms with E-state index in [1.165, 1.54) is 15.9 Å². The Bertz CT molecular complexity index is 1220. The summed E-state index contributed by atoms with van der Waals surface area (Å²) in [4.78, 5) is 53.0. The number of aromatic nitrogens is 2. The van der Waals surface area contributed by atoms with Gasteiger partial charge in [-0.1, -0.05) is 30.3 Å². The molecule has 0 radical (unpaired) electrons. The van der Waals surface area contributed by atoms with Gasteiger partial charge in [0.2, 0.25) is 11.8 Å². The first-order chi connectivity index (χ1) is 15.5. The molecule has 9 heteroatoms. The number of nitrogens with zero attached hydrogens (tertiary/aromatic N) is 3. The number of piperidine rings is 1. The molecule has 1 aliphatic rings. The number of carbonyl (C=O) groups is 2. The fourth-order valence-electron chi connectivity index (χ4n) is 3.99. The third kappa shape index (κ3) is 4.83. The van der Waals surface area contributed by atoms with Gasteiger partial charge in [0.1, 0.15) is 17.8 Å². The van der Waals surface area contributed by atoms with E-state index in [4.69, 9.17) is 0 Å². The third-order valence-electron chi connectivity index (χ3n) is 5.72. The molecule has 3 heterocycles. The Kier molecular flexibility index (Phi) is 6.84. The minimum Gasteiger partial charge on any atom is -0.354 e. The largest absolute Gasteiger partial charge is 0.354 e. The topological polar surface area (TPSA) is 93.4 Å². The van der Waals surface area contributed by atoms with Crippen molar-refractivity contribution in [2.75, 3.05) is 19.6 Å². The van der Waals surface area contributed by atoms with E-state index in [0.29, 0.717) is 36.3 Å². The number of hydrogen-bond donors (Lipinski definition) is 1. The van der Waals surface area contributed by atoms with Crippen LogP contribution >= 0.6 is 11.3 Å². The summed E-state index contributed by atoms with van der Waals surface area (Å²) in [5.74, 6) is -0.554. The van der Waals surface area contributed by atoms with E-state index in [1.807, 2.05) is 30.3 Å². The first-order valence-corrected chi connectivity index (χ1v) is 11.7. The minimum absolute atomic E-state index is 0.209. The average Bonchev–Trinajstić information content (AvgIpc) is 3.31. The molecule has 1 aliphatic heterocycles. The molecule has 32 heavy (non-hydrogen) atoms. The number of nitrogens with one attached hydrogen (secondary N) is 1. The zero-order valence-corrected chi connectivity index (χ0v) is 18.6. The molecule has 0 atom stereocenters. The molecule has 2 amide bonds. The maximum absolute atomic E-state index is 13.1. The lowest BCUT2D eigenvalue weighted by Crippen LogP contribution is -2.46. The predicted molar refractivity (Wildman–Crippen MR) is 124 cm³/mol. The van der Waals surface area contributed by atoms with Gasteiger partial charge in [0.05, 0.1) is 5.52 Å². The van der Waals surface area contributed by atoms with Gasteiger partial charge in [-0.3, -0.25) is 19.0 Å². The lowest BCUT2D eigenvalue weighted by molar-refractivity contribution is -0.132. The molecular weight excluding hydrogens is 428 g/mol. The maximum Gasteiger partial charge on any atom is 0.332 e. The van der Waals surface area contributed by atoms with Gasteiger partial charge in [0, 0.05) is 19.6 Å². The summed E-state index contributed by atoms with van der Waals surface area (Å²) >= 11 is 1.21. The molecule has 0 bridgehead atoms. The molecule has 3 aromatic rings. The molecule has 1 saturated heterocycles. The number of hydrogen-bond acceptors (Lipinski definition) is 5. The lowest BCUT2D eigenvalue weighted by Gasteiger charge is -2.26. The van der Waals surface area contributed by atoms with Crippen LogP contribution in [0.3, 0.4) is 0 Å². The fourth-order valence-corrected chi connectivity index (χ4v) is 4.84. The van der Waals surface area contributed by atoms with Crippen LogP contribution in [0.1, 0.15) is 24.8 Å². The molecule has 8 nitrogen and oxygen atoms in total. The van der Waals surface area contributed by atoms with Crippen molar-refractivity contribution in [2.45, 2.75) is 38.8 Å². The van der Waals surface area contributed by atoms with Gasteiger partial charge in [-0.05, 0) is 42.7 Å². The molecule has 1 N–H and O–H groups in total. The van der Waals surface area contributed by atoms with E-state index in [0.717, 1.165) is 29.4 Å². The number of rotatable bonds is 7. The Morgan fingerprint density at radius 3 is 2.44 bits per heavy atom. The second-order valence-electron chi connectivity index (χ2n) is 7.92. The van der Waals surface area contributed by atoms with Crippen LogP contribution in [0.15, 0.2) is 51.4 Å². The van der Waals surface area contributed by atoms with E-state index in [9.17, 15) is 19.2 Å². The van der Waals surface area contributed by atoms with Gasteiger partial charge in [-0.2, -0.15) is 0 Å². The Hall–Kier alpha value is -3.20. The van der Waals surface area contributed by atoms with Gasteiger partial charge in [-0.25, -0.2) is 9.36 Å². The van der Waals surface area contributed by atoms with Crippen LogP contribution in [0.5, 0.6) is 0 Å². The highest BCUT2D eigenvalue weighted by Gasteiger charge is 2.21. The first kappa shape index (κ1) is 22.0. The van der Waals surface area contributed by atoms with E-state index in [-0.39, 0.29) is 24.9 Å². The molecule has 168 valence electrons. The van der Waals surface area contributed by atoms with Gasteiger partial charge >= 0.3 is 5.69 Å². The molecule has 0 saturated carbocycles. The Balaban J connectivity index is 1.52. The average molecular weight is 455 g/mol. The number of thiophene rings is 1. The first-order valence-electron chi connectivity index (χ1n) is 10.8. The maximum atomic E-state index is 13.1. The monoisotopic (exact) mass is 454 g/mol. The fraction of sp³-hybridized carbons (Fsp3) is 0.391. The minimum atomic E-state index is -0.635. The zero-order chi connectivity index (χ0) is 22.5. The van der Waals surface area contributed by atoms with Crippen molar-refractivity contribution >= 4 is 33.4 Å². The van der Waals surface area contributed by atoms with E-state index >= 15 is 0 Å². The highest BCUT2D eigenvalue weighted by Crippen LogP contribution is 2.15. The van der Waals surface area contributed by atoms with Crippen LogP contribution in [0, 0.1) is 0 Å². The highest BCUT2D eigenvalue weighted by molar-refractivity contribution is 7.17. The highest BCUT2D eigenvalue weighted by atomic mass is 32.1. The number of amides is 2. The molecule has 2 aromatic heterocycles. The molecule has 0 unspecified atom stereocenters. The van der Waals surface area contributed by atoms with Crippen LogP contribution in [-0.4, -0.2) is 45.5 Å². The Morgan fingerprint density at radius 1 is 0.938 bits per heavy atom. The van der Waals surface area contributed by atoms with Gasteiger partial charge < -0.3 is 10.2 Å². The number of benzene rings is 1. The van der Waals surface area contributed by atoms with Crippen LogP contribution < -0.4 is 16.6 Å². The SMILES string of the molecule is O=C(Cn1c(=O)n(CC(=O)N2CCCCC2)c(=O)c2sccc21)NCCc1ccccc1. The smallest absolute Gasteiger partial charge is 0.332 e. The van der Waals surface area contributed by atoms with E-state index in [2.05, 4.69) is 5.32 Å². The van der Waals surface area contributed by atoms with Crippen molar-refractivity contribution in [3.63, 3.8) is 0 Å². The van der Waals surface area contributed by atoms with Crippen molar-refractivity contribution in [1.29, 1.82) is 0 Å². The second-order valence-corrected chi connectivity index (χ2v) is 8.84. The third-order valence-corrected chi connectivity index (χ3v) is 6.61.